The number of amides is 1. The van der Waals surface area contributed by atoms with E-state index in [2.05, 4.69) is 24.5 Å². The van der Waals surface area contributed by atoms with Gasteiger partial charge in [-0.2, -0.15) is 0 Å². The van der Waals surface area contributed by atoms with Gasteiger partial charge < -0.3 is 15.7 Å². The van der Waals surface area contributed by atoms with E-state index < -0.39 is 0 Å². The van der Waals surface area contributed by atoms with Crippen molar-refractivity contribution >= 4 is 5.91 Å². The minimum absolute atomic E-state index is 0.108. The van der Waals surface area contributed by atoms with Gasteiger partial charge in [0.05, 0.1) is 0 Å². The molecule has 0 bridgehead atoms. The van der Waals surface area contributed by atoms with Crippen molar-refractivity contribution in [3.63, 3.8) is 0 Å². The normalized spacial score (nSPS) is 14.5. The van der Waals surface area contributed by atoms with Crippen molar-refractivity contribution in [3.05, 3.63) is 0 Å². The molecule has 0 aromatic rings. The summed E-state index contributed by atoms with van der Waals surface area (Å²) in [7, 11) is 0. The van der Waals surface area contributed by atoms with E-state index in [1.54, 1.807) is 0 Å². The predicted molar refractivity (Wildman–Crippen MR) is 66.3 cm³/mol. The van der Waals surface area contributed by atoms with Gasteiger partial charge in [-0.3, -0.25) is 4.79 Å². The molecule has 0 aliphatic heterocycles. The van der Waals surface area contributed by atoms with Gasteiger partial charge in [0.2, 0.25) is 5.91 Å². The molecule has 1 amide bonds. The van der Waals surface area contributed by atoms with E-state index in [4.69, 9.17) is 5.11 Å². The van der Waals surface area contributed by atoms with Crippen molar-refractivity contribution in [2.45, 2.75) is 58.5 Å². The highest BCUT2D eigenvalue weighted by Gasteiger charge is 2.06. The maximum Gasteiger partial charge on any atom is 0.221 e. The molecule has 96 valence electrons. The summed E-state index contributed by atoms with van der Waals surface area (Å²) >= 11 is 0. The summed E-state index contributed by atoms with van der Waals surface area (Å²) in [6.07, 6.45) is 3.25. The quantitative estimate of drug-likeness (QED) is 0.554. The summed E-state index contributed by atoms with van der Waals surface area (Å²) < 4.78 is 0. The highest BCUT2D eigenvalue weighted by atomic mass is 16.2. The minimum Gasteiger partial charge on any atom is -0.396 e. The lowest BCUT2D eigenvalue weighted by atomic mass is 10.2. The first-order chi connectivity index (χ1) is 7.60. The number of nitrogens with one attached hydrogen (secondary N) is 2. The Morgan fingerprint density at radius 3 is 2.56 bits per heavy atom. The standard InChI is InChI=1S/C12H26N2O2/c1-4-10(2)14-12(16)7-8-13-11(3)6-5-9-15/h10-11,13,15H,4-9H2,1-3H3,(H,14,16). The molecule has 0 saturated carbocycles. The molecule has 0 radical (unpaired) electrons. The fourth-order valence-electron chi connectivity index (χ4n) is 1.38. The first kappa shape index (κ1) is 15.4. The molecule has 0 heterocycles. The second-order valence-corrected chi connectivity index (χ2v) is 4.35. The van der Waals surface area contributed by atoms with Crippen molar-refractivity contribution in [3.8, 4) is 0 Å². The first-order valence-electron chi connectivity index (χ1n) is 6.23. The van der Waals surface area contributed by atoms with Gasteiger partial charge in [-0.1, -0.05) is 6.92 Å². The van der Waals surface area contributed by atoms with Gasteiger partial charge in [0, 0.05) is 31.7 Å². The largest absolute Gasteiger partial charge is 0.396 e. The molecule has 0 saturated heterocycles. The van der Waals surface area contributed by atoms with Crippen LogP contribution in [0.5, 0.6) is 0 Å². The zero-order valence-electron chi connectivity index (χ0n) is 10.8. The summed E-state index contributed by atoms with van der Waals surface area (Å²) in [5.41, 5.74) is 0. The number of hydrogen-bond donors (Lipinski definition) is 3. The van der Waals surface area contributed by atoms with Crippen LogP contribution >= 0.6 is 0 Å². The lowest BCUT2D eigenvalue weighted by Gasteiger charge is -2.14. The van der Waals surface area contributed by atoms with Crippen LogP contribution in [0, 0.1) is 0 Å². The zero-order chi connectivity index (χ0) is 12.4. The van der Waals surface area contributed by atoms with Crippen LogP contribution < -0.4 is 10.6 Å². The van der Waals surface area contributed by atoms with E-state index in [1.807, 2.05) is 6.92 Å². The number of aliphatic hydroxyl groups is 1. The summed E-state index contributed by atoms with van der Waals surface area (Å²) in [6.45, 7) is 7.08. The van der Waals surface area contributed by atoms with Crippen molar-refractivity contribution in [2.75, 3.05) is 13.2 Å². The number of carbonyl (C=O) groups excluding carboxylic acids is 1. The molecule has 0 fully saturated rings. The minimum atomic E-state index is 0.108. The van der Waals surface area contributed by atoms with Crippen molar-refractivity contribution < 1.29 is 9.90 Å². The molecule has 2 atom stereocenters. The summed E-state index contributed by atoms with van der Waals surface area (Å²) in [5.74, 6) is 0.108. The van der Waals surface area contributed by atoms with Crippen LogP contribution in [0.3, 0.4) is 0 Å². The van der Waals surface area contributed by atoms with Gasteiger partial charge in [-0.15, -0.1) is 0 Å². The Morgan fingerprint density at radius 1 is 1.31 bits per heavy atom. The van der Waals surface area contributed by atoms with Gasteiger partial charge in [-0.25, -0.2) is 0 Å². The molecule has 4 nitrogen and oxygen atoms in total. The third kappa shape index (κ3) is 8.68. The van der Waals surface area contributed by atoms with Gasteiger partial charge >= 0.3 is 0 Å². The van der Waals surface area contributed by atoms with Gasteiger partial charge in [0.1, 0.15) is 0 Å². The van der Waals surface area contributed by atoms with Crippen LogP contribution in [0.4, 0.5) is 0 Å². The Balaban J connectivity index is 3.46. The van der Waals surface area contributed by atoms with Crippen LogP contribution in [0.2, 0.25) is 0 Å². The maximum atomic E-state index is 11.4. The van der Waals surface area contributed by atoms with E-state index in [0.29, 0.717) is 19.0 Å². The second-order valence-electron chi connectivity index (χ2n) is 4.35. The van der Waals surface area contributed by atoms with Crippen molar-refractivity contribution in [2.24, 2.45) is 0 Å². The Bertz CT molecular complexity index is 186. The fourth-order valence-corrected chi connectivity index (χ4v) is 1.38. The van der Waals surface area contributed by atoms with Crippen LogP contribution in [0.1, 0.15) is 46.5 Å². The highest BCUT2D eigenvalue weighted by molar-refractivity contribution is 5.76. The van der Waals surface area contributed by atoms with Crippen molar-refractivity contribution in [1.82, 2.24) is 10.6 Å². The Hall–Kier alpha value is -0.610. The van der Waals surface area contributed by atoms with Gasteiger partial charge in [0.15, 0.2) is 0 Å². The summed E-state index contributed by atoms with van der Waals surface area (Å²) in [5, 5.41) is 14.9. The third-order valence-electron chi connectivity index (χ3n) is 2.66. The predicted octanol–water partition coefficient (Wildman–Crippen LogP) is 1.04. The molecular weight excluding hydrogens is 204 g/mol. The molecule has 0 aliphatic rings. The molecule has 0 aromatic carbocycles. The average molecular weight is 230 g/mol. The van der Waals surface area contributed by atoms with E-state index >= 15 is 0 Å². The number of carbonyl (C=O) groups is 1. The molecule has 16 heavy (non-hydrogen) atoms. The zero-order valence-corrected chi connectivity index (χ0v) is 10.8. The van der Waals surface area contributed by atoms with Crippen LogP contribution in [-0.2, 0) is 4.79 Å². The first-order valence-corrected chi connectivity index (χ1v) is 6.23. The number of hydrogen-bond acceptors (Lipinski definition) is 3. The monoisotopic (exact) mass is 230 g/mol. The van der Waals surface area contributed by atoms with Gasteiger partial charge in [-0.05, 0) is 33.1 Å². The van der Waals surface area contributed by atoms with Gasteiger partial charge in [0.25, 0.3) is 0 Å². The fraction of sp³-hybridized carbons (Fsp3) is 0.917. The number of aliphatic hydroxyl groups excluding tert-OH is 1. The topological polar surface area (TPSA) is 61.4 Å². The molecular formula is C12H26N2O2. The maximum absolute atomic E-state index is 11.4. The van der Waals surface area contributed by atoms with E-state index in [9.17, 15) is 4.79 Å². The second kappa shape index (κ2) is 9.60. The molecule has 0 aromatic heterocycles. The molecule has 3 N–H and O–H groups in total. The molecule has 0 rings (SSSR count). The smallest absolute Gasteiger partial charge is 0.221 e. The third-order valence-corrected chi connectivity index (χ3v) is 2.66. The Kier molecular flexibility index (Phi) is 9.24. The van der Waals surface area contributed by atoms with Crippen LogP contribution in [0.25, 0.3) is 0 Å². The average Bonchev–Trinajstić information content (AvgIpc) is 2.26. The highest BCUT2D eigenvalue weighted by Crippen LogP contribution is 1.95. The van der Waals surface area contributed by atoms with Crippen LogP contribution in [-0.4, -0.2) is 36.2 Å². The molecule has 2 unspecified atom stereocenters. The molecule has 0 spiro atoms. The number of rotatable bonds is 9. The summed E-state index contributed by atoms with van der Waals surface area (Å²) in [6, 6.07) is 0.628. The Morgan fingerprint density at radius 2 is 2.00 bits per heavy atom. The van der Waals surface area contributed by atoms with Crippen LogP contribution in [0.15, 0.2) is 0 Å². The lowest BCUT2D eigenvalue weighted by Crippen LogP contribution is -2.35. The SMILES string of the molecule is CCC(C)NC(=O)CCNC(C)CCCO. The molecule has 0 aliphatic carbocycles. The van der Waals surface area contributed by atoms with Crippen molar-refractivity contribution in [1.29, 1.82) is 0 Å². The lowest BCUT2D eigenvalue weighted by molar-refractivity contribution is -0.121. The Labute approximate surface area is 98.8 Å². The summed E-state index contributed by atoms with van der Waals surface area (Å²) in [4.78, 5) is 11.4. The van der Waals surface area contributed by atoms with E-state index in [1.165, 1.54) is 0 Å². The van der Waals surface area contributed by atoms with E-state index in [-0.39, 0.29) is 18.6 Å². The molecule has 4 heteroatoms. The van der Waals surface area contributed by atoms with E-state index in [0.717, 1.165) is 19.3 Å².